The molecule has 3 nitrogen and oxygen atoms in total. The van der Waals surface area contributed by atoms with Crippen LogP contribution in [0.2, 0.25) is 0 Å². The first-order valence-electron chi connectivity index (χ1n) is 3.28. The van der Waals surface area contributed by atoms with Gasteiger partial charge in [0.25, 0.3) is 0 Å². The van der Waals surface area contributed by atoms with Crippen LogP contribution < -0.4 is 5.32 Å². The van der Waals surface area contributed by atoms with E-state index in [4.69, 9.17) is 0 Å². The fraction of sp³-hybridized carbons (Fsp3) is 0.143. The molecule has 0 aliphatic carbocycles. The van der Waals surface area contributed by atoms with Crippen molar-refractivity contribution in [2.45, 2.75) is 0 Å². The van der Waals surface area contributed by atoms with Gasteiger partial charge in [0, 0.05) is 7.05 Å². The average molecular weight is 165 g/mol. The van der Waals surface area contributed by atoms with Crippen molar-refractivity contribution in [1.82, 2.24) is 9.97 Å². The summed E-state index contributed by atoms with van der Waals surface area (Å²) < 4.78 is 1.13. The first-order chi connectivity index (χ1) is 5.40. The molecule has 2 rings (SSSR count). The molecule has 0 spiro atoms. The van der Waals surface area contributed by atoms with Crippen molar-refractivity contribution < 1.29 is 0 Å². The molecule has 2 aromatic rings. The summed E-state index contributed by atoms with van der Waals surface area (Å²) in [5.41, 5.74) is 1.01. The largest absolute Gasteiger partial charge is 0.357 e. The normalized spacial score (nSPS) is 10.3. The van der Waals surface area contributed by atoms with E-state index in [0.29, 0.717) is 5.95 Å². The molecule has 11 heavy (non-hydrogen) atoms. The summed E-state index contributed by atoms with van der Waals surface area (Å²) in [6.07, 6.45) is 1.83. The van der Waals surface area contributed by atoms with Crippen molar-refractivity contribution in [3.63, 3.8) is 0 Å². The quantitative estimate of drug-likeness (QED) is 0.699. The Kier molecular flexibility index (Phi) is 1.47. The van der Waals surface area contributed by atoms with Gasteiger partial charge in [0.1, 0.15) is 0 Å². The van der Waals surface area contributed by atoms with E-state index in [9.17, 15) is 0 Å². The predicted molar refractivity (Wildman–Crippen MR) is 47.0 cm³/mol. The molecule has 0 aromatic carbocycles. The van der Waals surface area contributed by atoms with E-state index in [1.807, 2.05) is 24.7 Å². The molecule has 2 aromatic heterocycles. The van der Waals surface area contributed by atoms with Crippen molar-refractivity contribution in [2.24, 2.45) is 0 Å². The standard InChI is InChI=1S/C7H7N3S/c1-8-7-9-4-6-5(10-7)2-3-11-6/h2-4H,1H3,(H,8,9,10). The molecule has 56 valence electrons. The maximum atomic E-state index is 4.24. The van der Waals surface area contributed by atoms with Crippen LogP contribution in [-0.2, 0) is 0 Å². The van der Waals surface area contributed by atoms with Crippen molar-refractivity contribution in [3.05, 3.63) is 17.6 Å². The molecular formula is C7H7N3S. The van der Waals surface area contributed by atoms with Gasteiger partial charge < -0.3 is 5.32 Å². The number of fused-ring (bicyclic) bond motifs is 1. The lowest BCUT2D eigenvalue weighted by Gasteiger charge is -1.95. The van der Waals surface area contributed by atoms with E-state index >= 15 is 0 Å². The second kappa shape index (κ2) is 2.47. The number of nitrogens with one attached hydrogen (secondary N) is 1. The van der Waals surface area contributed by atoms with E-state index in [1.54, 1.807) is 11.3 Å². The summed E-state index contributed by atoms with van der Waals surface area (Å²) in [6, 6.07) is 1.99. The van der Waals surface area contributed by atoms with Crippen LogP contribution in [0, 0.1) is 0 Å². The van der Waals surface area contributed by atoms with Crippen LogP contribution >= 0.6 is 11.3 Å². The topological polar surface area (TPSA) is 37.8 Å². The van der Waals surface area contributed by atoms with Crippen LogP contribution in [0.5, 0.6) is 0 Å². The fourth-order valence-corrected chi connectivity index (χ4v) is 1.58. The van der Waals surface area contributed by atoms with Gasteiger partial charge in [-0.05, 0) is 11.4 Å². The summed E-state index contributed by atoms with van der Waals surface area (Å²) in [5.74, 6) is 0.677. The number of aromatic nitrogens is 2. The summed E-state index contributed by atoms with van der Waals surface area (Å²) in [5, 5.41) is 4.90. The highest BCUT2D eigenvalue weighted by Crippen LogP contribution is 2.17. The van der Waals surface area contributed by atoms with E-state index in [2.05, 4.69) is 15.3 Å². The Balaban J connectivity index is 2.67. The van der Waals surface area contributed by atoms with Crippen molar-refractivity contribution in [2.75, 3.05) is 12.4 Å². The number of rotatable bonds is 1. The molecule has 0 atom stereocenters. The maximum absolute atomic E-state index is 4.24. The van der Waals surface area contributed by atoms with E-state index < -0.39 is 0 Å². The molecule has 2 heterocycles. The Hall–Kier alpha value is -1.16. The molecular weight excluding hydrogens is 158 g/mol. The van der Waals surface area contributed by atoms with Gasteiger partial charge >= 0.3 is 0 Å². The Labute approximate surface area is 68.1 Å². The van der Waals surface area contributed by atoms with Crippen molar-refractivity contribution >= 4 is 27.5 Å². The highest BCUT2D eigenvalue weighted by Gasteiger charge is 1.96. The SMILES string of the molecule is CNc1ncc2sccc2n1. The minimum absolute atomic E-state index is 0.677. The third kappa shape index (κ3) is 1.05. The predicted octanol–water partition coefficient (Wildman–Crippen LogP) is 1.73. The zero-order valence-corrected chi connectivity index (χ0v) is 6.85. The van der Waals surface area contributed by atoms with Crippen LogP contribution in [0.25, 0.3) is 10.2 Å². The molecule has 0 aliphatic rings. The third-order valence-corrected chi connectivity index (χ3v) is 2.27. The van der Waals surface area contributed by atoms with E-state index in [0.717, 1.165) is 10.2 Å². The molecule has 1 N–H and O–H groups in total. The summed E-state index contributed by atoms with van der Waals surface area (Å²) >= 11 is 1.65. The smallest absolute Gasteiger partial charge is 0.223 e. The maximum Gasteiger partial charge on any atom is 0.223 e. The van der Waals surface area contributed by atoms with Gasteiger partial charge in [-0.25, -0.2) is 9.97 Å². The van der Waals surface area contributed by atoms with Gasteiger partial charge in [-0.2, -0.15) is 0 Å². The van der Waals surface area contributed by atoms with Crippen molar-refractivity contribution in [3.8, 4) is 0 Å². The number of nitrogens with zero attached hydrogens (tertiary/aromatic N) is 2. The van der Waals surface area contributed by atoms with Crippen LogP contribution in [0.4, 0.5) is 5.95 Å². The first kappa shape index (κ1) is 6.54. The highest BCUT2D eigenvalue weighted by atomic mass is 32.1. The first-order valence-corrected chi connectivity index (χ1v) is 4.16. The molecule has 0 unspecified atom stereocenters. The van der Waals surface area contributed by atoms with Gasteiger partial charge in [-0.3, -0.25) is 0 Å². The van der Waals surface area contributed by atoms with E-state index in [1.165, 1.54) is 0 Å². The molecule has 0 aliphatic heterocycles. The Morgan fingerprint density at radius 2 is 2.45 bits per heavy atom. The van der Waals surface area contributed by atoms with Crippen LogP contribution in [0.15, 0.2) is 17.6 Å². The molecule has 0 saturated heterocycles. The van der Waals surface area contributed by atoms with Gasteiger partial charge in [0.05, 0.1) is 16.4 Å². The fourth-order valence-electron chi connectivity index (χ4n) is 0.886. The lowest BCUT2D eigenvalue weighted by atomic mass is 10.5. The van der Waals surface area contributed by atoms with Gasteiger partial charge in [0.15, 0.2) is 0 Å². The Morgan fingerprint density at radius 1 is 1.55 bits per heavy atom. The second-order valence-corrected chi connectivity index (χ2v) is 3.06. The molecule has 0 saturated carbocycles. The number of anilines is 1. The van der Waals surface area contributed by atoms with Gasteiger partial charge in [-0.15, -0.1) is 11.3 Å². The van der Waals surface area contributed by atoms with E-state index in [-0.39, 0.29) is 0 Å². The number of hydrogen-bond acceptors (Lipinski definition) is 4. The van der Waals surface area contributed by atoms with Crippen LogP contribution in [-0.4, -0.2) is 17.0 Å². The molecule has 0 bridgehead atoms. The molecule has 4 heteroatoms. The van der Waals surface area contributed by atoms with Crippen molar-refractivity contribution in [1.29, 1.82) is 0 Å². The summed E-state index contributed by atoms with van der Waals surface area (Å²) in [6.45, 7) is 0. The zero-order valence-electron chi connectivity index (χ0n) is 6.03. The second-order valence-electron chi connectivity index (χ2n) is 2.11. The third-order valence-electron chi connectivity index (χ3n) is 1.43. The van der Waals surface area contributed by atoms with Gasteiger partial charge in [0.2, 0.25) is 5.95 Å². The lowest BCUT2D eigenvalue weighted by Crippen LogP contribution is -1.93. The number of thiophene rings is 1. The molecule has 0 amide bonds. The average Bonchev–Trinajstić information content (AvgIpc) is 2.50. The van der Waals surface area contributed by atoms with Crippen LogP contribution in [0.3, 0.4) is 0 Å². The van der Waals surface area contributed by atoms with Crippen LogP contribution in [0.1, 0.15) is 0 Å². The highest BCUT2D eigenvalue weighted by molar-refractivity contribution is 7.17. The zero-order chi connectivity index (χ0) is 7.68. The Morgan fingerprint density at radius 3 is 3.27 bits per heavy atom. The summed E-state index contributed by atoms with van der Waals surface area (Å²) in [7, 11) is 1.81. The Bertz CT molecular complexity index is 368. The minimum atomic E-state index is 0.677. The minimum Gasteiger partial charge on any atom is -0.357 e. The number of hydrogen-bond donors (Lipinski definition) is 1. The van der Waals surface area contributed by atoms with Gasteiger partial charge in [-0.1, -0.05) is 0 Å². The monoisotopic (exact) mass is 165 g/mol. The lowest BCUT2D eigenvalue weighted by molar-refractivity contribution is 1.20. The summed E-state index contributed by atoms with van der Waals surface area (Å²) in [4.78, 5) is 8.33. The molecule has 0 radical (unpaired) electrons. The molecule has 0 fully saturated rings.